The first-order valence-electron chi connectivity index (χ1n) is 12.3. The molecule has 0 atom stereocenters. The fourth-order valence-electron chi connectivity index (χ4n) is 4.43. The molecule has 39 heavy (non-hydrogen) atoms. The third-order valence-electron chi connectivity index (χ3n) is 6.34. The van der Waals surface area contributed by atoms with E-state index in [1.54, 1.807) is 19.2 Å². The van der Waals surface area contributed by atoms with Crippen molar-refractivity contribution in [3.8, 4) is 11.4 Å². The molecule has 0 saturated carbocycles. The highest BCUT2D eigenvalue weighted by Gasteiger charge is 2.30. The first kappa shape index (κ1) is 26.0. The van der Waals surface area contributed by atoms with Gasteiger partial charge in [-0.25, -0.2) is 9.48 Å². The fourth-order valence-corrected chi connectivity index (χ4v) is 4.43. The molecule has 0 aliphatic rings. The maximum atomic E-state index is 12.9. The fraction of sp³-hybridized carbons (Fsp3) is 0.207. The number of benzene rings is 3. The van der Waals surface area contributed by atoms with Gasteiger partial charge in [0.2, 0.25) is 0 Å². The van der Waals surface area contributed by atoms with Crippen molar-refractivity contribution in [3.63, 3.8) is 0 Å². The normalized spacial score (nSPS) is 11.6. The predicted molar refractivity (Wildman–Crippen MR) is 139 cm³/mol. The molecule has 0 radical (unpaired) electrons. The SMILES string of the molecule is CCOC(=O)c1c(C)n(Cc2ccccc2)c2ccc(OCc3cn(-c4ccc(C(F)(F)F)cc4)nn3)cc12. The van der Waals surface area contributed by atoms with Gasteiger partial charge in [0.05, 0.1) is 29.6 Å². The van der Waals surface area contributed by atoms with Crippen molar-refractivity contribution in [2.75, 3.05) is 6.61 Å². The number of hydrogen-bond donors (Lipinski definition) is 0. The summed E-state index contributed by atoms with van der Waals surface area (Å²) in [5, 5.41) is 8.77. The van der Waals surface area contributed by atoms with E-state index in [-0.39, 0.29) is 13.2 Å². The summed E-state index contributed by atoms with van der Waals surface area (Å²) in [4.78, 5) is 12.9. The molecule has 10 heteroatoms. The number of nitrogens with zero attached hydrogens (tertiary/aromatic N) is 4. The second-order valence-corrected chi connectivity index (χ2v) is 8.92. The highest BCUT2D eigenvalue weighted by Crippen LogP contribution is 2.32. The van der Waals surface area contributed by atoms with Gasteiger partial charge in [0, 0.05) is 23.1 Å². The first-order valence-corrected chi connectivity index (χ1v) is 12.3. The number of aromatic nitrogens is 4. The lowest BCUT2D eigenvalue weighted by molar-refractivity contribution is -0.137. The number of fused-ring (bicyclic) bond motifs is 1. The summed E-state index contributed by atoms with van der Waals surface area (Å²) in [6, 6.07) is 20.1. The van der Waals surface area contributed by atoms with Crippen LogP contribution in [0.15, 0.2) is 79.0 Å². The zero-order valence-electron chi connectivity index (χ0n) is 21.3. The molecule has 2 heterocycles. The monoisotopic (exact) mass is 534 g/mol. The smallest absolute Gasteiger partial charge is 0.416 e. The van der Waals surface area contributed by atoms with Gasteiger partial charge >= 0.3 is 12.1 Å². The van der Waals surface area contributed by atoms with Gasteiger partial charge in [-0.1, -0.05) is 35.5 Å². The molecule has 5 rings (SSSR count). The van der Waals surface area contributed by atoms with Crippen molar-refractivity contribution in [2.24, 2.45) is 0 Å². The van der Waals surface area contributed by atoms with E-state index < -0.39 is 17.7 Å². The highest BCUT2D eigenvalue weighted by atomic mass is 19.4. The van der Waals surface area contributed by atoms with Crippen LogP contribution in [0.2, 0.25) is 0 Å². The summed E-state index contributed by atoms with van der Waals surface area (Å²) >= 11 is 0. The molecule has 0 saturated heterocycles. The van der Waals surface area contributed by atoms with Gasteiger partial charge in [0.1, 0.15) is 18.1 Å². The maximum absolute atomic E-state index is 12.9. The van der Waals surface area contributed by atoms with Crippen molar-refractivity contribution in [3.05, 3.63) is 107 Å². The summed E-state index contributed by atoms with van der Waals surface area (Å²) in [5.41, 5.74) is 3.45. The average Bonchev–Trinajstić information content (AvgIpc) is 3.50. The van der Waals surface area contributed by atoms with Gasteiger partial charge in [-0.2, -0.15) is 13.2 Å². The number of carbonyl (C=O) groups is 1. The average molecular weight is 535 g/mol. The van der Waals surface area contributed by atoms with Crippen LogP contribution < -0.4 is 4.74 Å². The second kappa shape index (κ2) is 10.6. The Hall–Kier alpha value is -4.60. The van der Waals surface area contributed by atoms with Crippen LogP contribution in [0.5, 0.6) is 5.75 Å². The molecule has 0 aliphatic heterocycles. The van der Waals surface area contributed by atoms with Crippen molar-refractivity contribution >= 4 is 16.9 Å². The molecule has 2 aromatic heterocycles. The Morgan fingerprint density at radius 3 is 2.44 bits per heavy atom. The quantitative estimate of drug-likeness (QED) is 0.217. The lowest BCUT2D eigenvalue weighted by Crippen LogP contribution is -2.08. The summed E-state index contributed by atoms with van der Waals surface area (Å²) in [6.45, 7) is 4.59. The van der Waals surface area contributed by atoms with Gasteiger partial charge in [0.15, 0.2) is 0 Å². The van der Waals surface area contributed by atoms with Crippen LogP contribution in [-0.2, 0) is 24.1 Å². The number of halogens is 3. The van der Waals surface area contributed by atoms with Crippen molar-refractivity contribution in [1.82, 2.24) is 19.6 Å². The largest absolute Gasteiger partial charge is 0.487 e. The van der Waals surface area contributed by atoms with Crippen LogP contribution in [-0.4, -0.2) is 32.1 Å². The lowest BCUT2D eigenvalue weighted by Gasteiger charge is -2.09. The summed E-state index contributed by atoms with van der Waals surface area (Å²) in [7, 11) is 0. The van der Waals surface area contributed by atoms with E-state index in [2.05, 4.69) is 14.9 Å². The van der Waals surface area contributed by atoms with Gasteiger partial charge in [-0.05, 0) is 61.9 Å². The standard InChI is InChI=1S/C29H25F3N4O3/c1-3-38-28(37)27-19(2)35(16-20-7-5-4-6-8-20)26-14-13-24(15-25(26)27)39-18-22-17-36(34-33-22)23-11-9-21(10-12-23)29(30,31)32/h4-15,17H,3,16,18H2,1-2H3. The van der Waals surface area contributed by atoms with E-state index in [0.717, 1.165) is 28.9 Å². The lowest BCUT2D eigenvalue weighted by atomic mass is 10.1. The summed E-state index contributed by atoms with van der Waals surface area (Å²) in [5.74, 6) is 0.123. The Kier molecular flexibility index (Phi) is 7.10. The number of hydrogen-bond acceptors (Lipinski definition) is 5. The molecule has 0 amide bonds. The summed E-state index contributed by atoms with van der Waals surface area (Å²) < 4.78 is 53.3. The zero-order chi connectivity index (χ0) is 27.6. The third-order valence-corrected chi connectivity index (χ3v) is 6.34. The molecule has 0 N–H and O–H groups in total. The number of esters is 1. The first-order chi connectivity index (χ1) is 18.7. The van der Waals surface area contributed by atoms with Crippen molar-refractivity contribution in [2.45, 2.75) is 33.2 Å². The molecule has 0 bridgehead atoms. The number of ether oxygens (including phenoxy) is 2. The van der Waals surface area contributed by atoms with E-state index in [4.69, 9.17) is 9.47 Å². The Bertz CT molecular complexity index is 1610. The van der Waals surface area contributed by atoms with Crippen molar-refractivity contribution in [1.29, 1.82) is 0 Å². The van der Waals surface area contributed by atoms with Gasteiger partial charge < -0.3 is 14.0 Å². The Morgan fingerprint density at radius 2 is 1.74 bits per heavy atom. The third kappa shape index (κ3) is 5.50. The van der Waals surface area contributed by atoms with E-state index in [9.17, 15) is 18.0 Å². The van der Waals surface area contributed by atoms with E-state index >= 15 is 0 Å². The molecular weight excluding hydrogens is 509 g/mol. The van der Waals surface area contributed by atoms with Gasteiger partial charge in [-0.15, -0.1) is 5.10 Å². The molecule has 0 unspecified atom stereocenters. The molecule has 0 aliphatic carbocycles. The van der Waals surface area contributed by atoms with Crippen molar-refractivity contribution < 1.29 is 27.4 Å². The Labute approximate surface area is 222 Å². The second-order valence-electron chi connectivity index (χ2n) is 8.92. The number of alkyl halides is 3. The van der Waals surface area contributed by atoms with Gasteiger partial charge in [0.25, 0.3) is 0 Å². The summed E-state index contributed by atoms with van der Waals surface area (Å²) in [6.07, 6.45) is -2.82. The molecule has 0 spiro atoms. The van der Waals surface area contributed by atoms with E-state index in [0.29, 0.717) is 34.6 Å². The number of rotatable bonds is 8. The highest BCUT2D eigenvalue weighted by molar-refractivity contribution is 6.06. The molecule has 0 fully saturated rings. The minimum Gasteiger partial charge on any atom is -0.487 e. The minimum absolute atomic E-state index is 0.0740. The zero-order valence-corrected chi connectivity index (χ0v) is 21.3. The molecule has 3 aromatic carbocycles. The molecule has 200 valence electrons. The molecular formula is C29H25F3N4O3. The van der Waals surface area contributed by atoms with Crippen LogP contribution in [0.4, 0.5) is 13.2 Å². The Balaban J connectivity index is 1.38. The molecule has 7 nitrogen and oxygen atoms in total. The van der Waals surface area contributed by atoms with Crippen LogP contribution in [0.1, 0.15) is 39.8 Å². The minimum atomic E-state index is -4.41. The van der Waals surface area contributed by atoms with Crippen LogP contribution in [0, 0.1) is 6.92 Å². The van der Waals surface area contributed by atoms with Gasteiger partial charge in [-0.3, -0.25) is 0 Å². The van der Waals surface area contributed by atoms with E-state index in [1.165, 1.54) is 16.8 Å². The number of carbonyl (C=O) groups excluding carboxylic acids is 1. The predicted octanol–water partition coefficient (Wildman–Crippen LogP) is 6.35. The van der Waals surface area contributed by atoms with Crippen LogP contribution in [0.25, 0.3) is 16.6 Å². The maximum Gasteiger partial charge on any atom is 0.416 e. The molecule has 5 aromatic rings. The Morgan fingerprint density at radius 1 is 1.00 bits per heavy atom. The van der Waals surface area contributed by atoms with Crippen LogP contribution >= 0.6 is 0 Å². The van der Waals surface area contributed by atoms with Crippen LogP contribution in [0.3, 0.4) is 0 Å². The van der Waals surface area contributed by atoms with E-state index in [1.807, 2.05) is 49.4 Å². The topological polar surface area (TPSA) is 71.2 Å².